The molecule has 0 amide bonds. The highest BCUT2D eigenvalue weighted by atomic mass is 32.2. The van der Waals surface area contributed by atoms with Crippen LogP contribution in [0.3, 0.4) is 0 Å². The van der Waals surface area contributed by atoms with E-state index >= 15 is 0 Å². The van der Waals surface area contributed by atoms with Gasteiger partial charge in [0.25, 0.3) is 0 Å². The SMILES string of the molecule is CCNS(=O)(=O)c1ccccc1NC(C)c1ccc(C)o1. The van der Waals surface area contributed by atoms with Crippen molar-refractivity contribution in [1.29, 1.82) is 0 Å². The van der Waals surface area contributed by atoms with Crippen LogP contribution in [0.5, 0.6) is 0 Å². The van der Waals surface area contributed by atoms with Gasteiger partial charge in [-0.15, -0.1) is 0 Å². The first-order valence-corrected chi connectivity index (χ1v) is 8.34. The van der Waals surface area contributed by atoms with E-state index < -0.39 is 10.0 Å². The lowest BCUT2D eigenvalue weighted by atomic mass is 10.2. The standard InChI is InChI=1S/C15H20N2O3S/c1-4-16-21(18,19)15-8-6-5-7-13(15)17-12(3)14-10-9-11(2)20-14/h5-10,12,16-17H,4H2,1-3H3. The number of aryl methyl sites for hydroxylation is 1. The van der Waals surface area contributed by atoms with Crippen LogP contribution in [-0.2, 0) is 10.0 Å². The number of nitrogens with one attached hydrogen (secondary N) is 2. The molecule has 1 atom stereocenters. The minimum absolute atomic E-state index is 0.128. The van der Waals surface area contributed by atoms with Crippen LogP contribution in [0.25, 0.3) is 0 Å². The van der Waals surface area contributed by atoms with E-state index in [9.17, 15) is 8.42 Å². The van der Waals surface area contributed by atoms with E-state index in [0.29, 0.717) is 12.2 Å². The molecule has 114 valence electrons. The molecule has 1 heterocycles. The Morgan fingerprint density at radius 1 is 1.19 bits per heavy atom. The molecule has 5 nitrogen and oxygen atoms in total. The van der Waals surface area contributed by atoms with Gasteiger partial charge in [-0.1, -0.05) is 19.1 Å². The molecule has 0 aliphatic rings. The zero-order valence-electron chi connectivity index (χ0n) is 12.4. The van der Waals surface area contributed by atoms with Gasteiger partial charge in [-0.2, -0.15) is 0 Å². The second-order valence-electron chi connectivity index (χ2n) is 4.81. The molecule has 0 saturated carbocycles. The Kier molecular flexibility index (Phi) is 4.69. The topological polar surface area (TPSA) is 71.3 Å². The zero-order valence-corrected chi connectivity index (χ0v) is 13.2. The summed E-state index contributed by atoms with van der Waals surface area (Å²) in [7, 11) is -3.51. The normalized spacial score (nSPS) is 13.1. The Labute approximate surface area is 125 Å². The fourth-order valence-corrected chi connectivity index (χ4v) is 3.29. The summed E-state index contributed by atoms with van der Waals surface area (Å²) in [6, 6.07) is 10.5. The summed E-state index contributed by atoms with van der Waals surface area (Å²) in [6.07, 6.45) is 0. The van der Waals surface area contributed by atoms with Crippen LogP contribution < -0.4 is 10.0 Å². The zero-order chi connectivity index (χ0) is 15.5. The quantitative estimate of drug-likeness (QED) is 0.860. The number of anilines is 1. The molecule has 0 bridgehead atoms. The van der Waals surface area contributed by atoms with Crippen molar-refractivity contribution in [3.63, 3.8) is 0 Å². The summed E-state index contributed by atoms with van der Waals surface area (Å²) in [5, 5.41) is 3.19. The molecule has 0 spiro atoms. The highest BCUT2D eigenvalue weighted by Crippen LogP contribution is 2.26. The molecule has 21 heavy (non-hydrogen) atoms. The summed E-state index contributed by atoms with van der Waals surface area (Å²) in [5.41, 5.74) is 0.556. The Hall–Kier alpha value is -1.79. The highest BCUT2D eigenvalue weighted by Gasteiger charge is 2.19. The average Bonchev–Trinajstić information content (AvgIpc) is 2.86. The monoisotopic (exact) mass is 308 g/mol. The maximum Gasteiger partial charge on any atom is 0.242 e. The van der Waals surface area contributed by atoms with Crippen molar-refractivity contribution in [2.75, 3.05) is 11.9 Å². The predicted octanol–water partition coefficient (Wildman–Crippen LogP) is 3.06. The minimum atomic E-state index is -3.51. The number of hydrogen-bond acceptors (Lipinski definition) is 4. The molecule has 6 heteroatoms. The lowest BCUT2D eigenvalue weighted by Crippen LogP contribution is -2.24. The van der Waals surface area contributed by atoms with Crippen molar-refractivity contribution in [3.8, 4) is 0 Å². The van der Waals surface area contributed by atoms with Crippen molar-refractivity contribution in [1.82, 2.24) is 4.72 Å². The van der Waals surface area contributed by atoms with Gasteiger partial charge in [0, 0.05) is 6.54 Å². The first-order chi connectivity index (χ1) is 9.94. The van der Waals surface area contributed by atoms with E-state index in [1.54, 1.807) is 31.2 Å². The van der Waals surface area contributed by atoms with Crippen LogP contribution >= 0.6 is 0 Å². The third-order valence-corrected chi connectivity index (χ3v) is 4.67. The van der Waals surface area contributed by atoms with Crippen molar-refractivity contribution in [2.24, 2.45) is 0 Å². The van der Waals surface area contributed by atoms with E-state index in [-0.39, 0.29) is 10.9 Å². The third-order valence-electron chi connectivity index (χ3n) is 3.07. The average molecular weight is 308 g/mol. The van der Waals surface area contributed by atoms with Crippen LogP contribution in [0.1, 0.15) is 31.4 Å². The van der Waals surface area contributed by atoms with Crippen LogP contribution in [0.15, 0.2) is 45.7 Å². The minimum Gasteiger partial charge on any atom is -0.464 e. The molecular formula is C15H20N2O3S. The van der Waals surface area contributed by atoms with Gasteiger partial charge in [0.1, 0.15) is 16.4 Å². The van der Waals surface area contributed by atoms with E-state index in [1.165, 1.54) is 0 Å². The largest absolute Gasteiger partial charge is 0.464 e. The second-order valence-corrected chi connectivity index (χ2v) is 6.55. The van der Waals surface area contributed by atoms with E-state index in [0.717, 1.165) is 11.5 Å². The van der Waals surface area contributed by atoms with Gasteiger partial charge in [-0.05, 0) is 38.1 Å². The molecule has 0 aliphatic heterocycles. The van der Waals surface area contributed by atoms with E-state index in [1.807, 2.05) is 26.0 Å². The van der Waals surface area contributed by atoms with Gasteiger partial charge in [0.2, 0.25) is 10.0 Å². The number of benzene rings is 1. The Morgan fingerprint density at radius 2 is 1.90 bits per heavy atom. The number of sulfonamides is 1. The summed E-state index contributed by atoms with van der Waals surface area (Å²) in [6.45, 7) is 5.90. The van der Waals surface area contributed by atoms with Crippen molar-refractivity contribution in [3.05, 3.63) is 47.9 Å². The molecule has 1 aromatic heterocycles. The molecule has 0 saturated heterocycles. The number of para-hydroxylation sites is 1. The second kappa shape index (κ2) is 6.32. The van der Waals surface area contributed by atoms with Gasteiger partial charge in [-0.25, -0.2) is 13.1 Å². The van der Waals surface area contributed by atoms with Crippen LogP contribution in [0.4, 0.5) is 5.69 Å². The summed E-state index contributed by atoms with van der Waals surface area (Å²) in [5.74, 6) is 1.59. The molecule has 0 aliphatic carbocycles. The highest BCUT2D eigenvalue weighted by molar-refractivity contribution is 7.89. The summed E-state index contributed by atoms with van der Waals surface area (Å²) >= 11 is 0. The van der Waals surface area contributed by atoms with Crippen molar-refractivity contribution in [2.45, 2.75) is 31.7 Å². The van der Waals surface area contributed by atoms with Crippen LogP contribution in [-0.4, -0.2) is 15.0 Å². The molecular weight excluding hydrogens is 288 g/mol. The molecule has 0 radical (unpaired) electrons. The van der Waals surface area contributed by atoms with Crippen molar-refractivity contribution < 1.29 is 12.8 Å². The van der Waals surface area contributed by atoms with Crippen LogP contribution in [0, 0.1) is 6.92 Å². The molecule has 2 aromatic rings. The maximum absolute atomic E-state index is 12.2. The number of furan rings is 1. The summed E-state index contributed by atoms with van der Waals surface area (Å²) < 4.78 is 32.5. The first-order valence-electron chi connectivity index (χ1n) is 6.85. The lowest BCUT2D eigenvalue weighted by molar-refractivity contribution is 0.466. The lowest BCUT2D eigenvalue weighted by Gasteiger charge is -2.16. The first kappa shape index (κ1) is 15.6. The Balaban J connectivity index is 2.29. The Bertz CT molecular complexity index is 707. The van der Waals surface area contributed by atoms with Crippen molar-refractivity contribution >= 4 is 15.7 Å². The third kappa shape index (κ3) is 3.65. The van der Waals surface area contributed by atoms with Crippen LogP contribution in [0.2, 0.25) is 0 Å². The van der Waals surface area contributed by atoms with Gasteiger partial charge < -0.3 is 9.73 Å². The molecule has 2 N–H and O–H groups in total. The van der Waals surface area contributed by atoms with E-state index in [4.69, 9.17) is 4.42 Å². The molecule has 1 aromatic carbocycles. The number of rotatable bonds is 6. The van der Waals surface area contributed by atoms with E-state index in [2.05, 4.69) is 10.0 Å². The predicted molar refractivity (Wildman–Crippen MR) is 82.8 cm³/mol. The fraction of sp³-hybridized carbons (Fsp3) is 0.333. The van der Waals surface area contributed by atoms with Gasteiger partial charge in [0.15, 0.2) is 0 Å². The fourth-order valence-electron chi connectivity index (χ4n) is 2.08. The molecule has 0 fully saturated rings. The summed E-state index contributed by atoms with van der Waals surface area (Å²) in [4.78, 5) is 0.238. The van der Waals surface area contributed by atoms with Gasteiger partial charge in [-0.3, -0.25) is 0 Å². The molecule has 2 rings (SSSR count). The Morgan fingerprint density at radius 3 is 2.52 bits per heavy atom. The van der Waals surface area contributed by atoms with Gasteiger partial charge in [0.05, 0.1) is 11.7 Å². The molecule has 1 unspecified atom stereocenters. The number of hydrogen-bond donors (Lipinski definition) is 2. The van der Waals surface area contributed by atoms with Gasteiger partial charge >= 0.3 is 0 Å². The maximum atomic E-state index is 12.2. The smallest absolute Gasteiger partial charge is 0.242 e.